The molecule has 0 aliphatic heterocycles. The van der Waals surface area contributed by atoms with E-state index in [1.54, 1.807) is 42.5 Å². The second kappa shape index (κ2) is 10.0. The highest BCUT2D eigenvalue weighted by molar-refractivity contribution is 7.99. The number of nitrogens with zero attached hydrogens (tertiary/aromatic N) is 2. The predicted molar refractivity (Wildman–Crippen MR) is 122 cm³/mol. The summed E-state index contributed by atoms with van der Waals surface area (Å²) in [7, 11) is 0. The van der Waals surface area contributed by atoms with Gasteiger partial charge in [0.2, 0.25) is 0 Å². The number of fused-ring (bicyclic) bond motifs is 1. The van der Waals surface area contributed by atoms with E-state index < -0.39 is 6.61 Å². The van der Waals surface area contributed by atoms with Gasteiger partial charge < -0.3 is 9.47 Å². The average molecular weight is 475 g/mol. The first kappa shape index (κ1) is 22.1. The van der Waals surface area contributed by atoms with Crippen LogP contribution in [0.1, 0.15) is 0 Å². The molecule has 1 aromatic heterocycles. The molecular formula is C23H17ClF2N2O3S. The number of benzene rings is 3. The fourth-order valence-electron chi connectivity index (χ4n) is 3.06. The van der Waals surface area contributed by atoms with Crippen LogP contribution < -0.4 is 15.0 Å². The van der Waals surface area contributed by atoms with Crippen molar-refractivity contribution >= 4 is 34.3 Å². The summed E-state index contributed by atoms with van der Waals surface area (Å²) >= 11 is 7.45. The number of para-hydroxylation sites is 2. The molecule has 0 saturated heterocycles. The van der Waals surface area contributed by atoms with Gasteiger partial charge in [-0.3, -0.25) is 9.36 Å². The van der Waals surface area contributed by atoms with Crippen molar-refractivity contribution in [3.05, 3.63) is 88.2 Å². The largest absolute Gasteiger partial charge is 0.491 e. The highest BCUT2D eigenvalue weighted by atomic mass is 35.5. The standard InChI is InChI=1S/C23H17ClF2N2O3S/c24-18-6-2-4-8-20(18)30-13-14-32-23-27-19-7-3-1-5-17(19)21(29)28(23)15-9-11-16(12-10-15)31-22(25)26/h1-12,22H,13-14H2. The lowest BCUT2D eigenvalue weighted by Gasteiger charge is -2.14. The van der Waals surface area contributed by atoms with Crippen molar-refractivity contribution in [2.24, 2.45) is 0 Å². The summed E-state index contributed by atoms with van der Waals surface area (Å²) in [5.41, 5.74) is 0.804. The summed E-state index contributed by atoms with van der Waals surface area (Å²) < 4.78 is 36.5. The summed E-state index contributed by atoms with van der Waals surface area (Å²) in [4.78, 5) is 17.9. The maximum Gasteiger partial charge on any atom is 0.387 e. The zero-order chi connectivity index (χ0) is 22.5. The molecule has 0 spiro atoms. The van der Waals surface area contributed by atoms with E-state index in [4.69, 9.17) is 16.3 Å². The minimum atomic E-state index is -2.92. The van der Waals surface area contributed by atoms with Crippen LogP contribution in [-0.4, -0.2) is 28.5 Å². The topological polar surface area (TPSA) is 53.3 Å². The molecule has 4 rings (SSSR count). The normalized spacial score (nSPS) is 11.1. The Morgan fingerprint density at radius 2 is 1.72 bits per heavy atom. The van der Waals surface area contributed by atoms with Gasteiger partial charge in [0.25, 0.3) is 5.56 Å². The van der Waals surface area contributed by atoms with E-state index in [9.17, 15) is 13.6 Å². The number of aromatic nitrogens is 2. The van der Waals surface area contributed by atoms with E-state index in [0.29, 0.717) is 44.9 Å². The molecule has 164 valence electrons. The quantitative estimate of drug-likeness (QED) is 0.183. The number of alkyl halides is 2. The number of halogens is 3. The van der Waals surface area contributed by atoms with Crippen LogP contribution in [0.3, 0.4) is 0 Å². The Morgan fingerprint density at radius 3 is 2.47 bits per heavy atom. The van der Waals surface area contributed by atoms with Gasteiger partial charge in [0.15, 0.2) is 5.16 Å². The van der Waals surface area contributed by atoms with Crippen LogP contribution in [-0.2, 0) is 0 Å². The van der Waals surface area contributed by atoms with Crippen LogP contribution in [0.15, 0.2) is 82.7 Å². The molecule has 32 heavy (non-hydrogen) atoms. The highest BCUT2D eigenvalue weighted by Gasteiger charge is 2.14. The molecule has 0 fully saturated rings. The lowest BCUT2D eigenvalue weighted by atomic mass is 10.2. The van der Waals surface area contributed by atoms with Crippen molar-refractivity contribution in [2.75, 3.05) is 12.4 Å². The van der Waals surface area contributed by atoms with Gasteiger partial charge in [-0.15, -0.1) is 0 Å². The van der Waals surface area contributed by atoms with Gasteiger partial charge >= 0.3 is 6.61 Å². The lowest BCUT2D eigenvalue weighted by molar-refractivity contribution is -0.0498. The SMILES string of the molecule is O=c1c2ccccc2nc(SCCOc2ccccc2Cl)n1-c1ccc(OC(F)F)cc1. The van der Waals surface area contributed by atoms with Gasteiger partial charge in [-0.1, -0.05) is 47.6 Å². The number of ether oxygens (including phenoxy) is 2. The second-order valence-electron chi connectivity index (χ2n) is 6.55. The first-order valence-electron chi connectivity index (χ1n) is 9.60. The predicted octanol–water partition coefficient (Wildman–Crippen LogP) is 5.81. The molecule has 4 aromatic rings. The third kappa shape index (κ3) is 5.03. The Morgan fingerprint density at radius 1 is 1.00 bits per heavy atom. The molecule has 0 N–H and O–H groups in total. The Kier molecular flexibility index (Phi) is 6.92. The zero-order valence-corrected chi connectivity index (χ0v) is 18.2. The van der Waals surface area contributed by atoms with Crippen LogP contribution in [0.4, 0.5) is 8.78 Å². The van der Waals surface area contributed by atoms with Crippen LogP contribution in [0, 0.1) is 0 Å². The smallest absolute Gasteiger partial charge is 0.387 e. The van der Waals surface area contributed by atoms with Crippen LogP contribution in [0.5, 0.6) is 11.5 Å². The zero-order valence-electron chi connectivity index (χ0n) is 16.6. The van der Waals surface area contributed by atoms with Crippen molar-refractivity contribution in [3.8, 4) is 17.2 Å². The summed E-state index contributed by atoms with van der Waals surface area (Å²) in [5.74, 6) is 1.09. The van der Waals surface area contributed by atoms with Crippen molar-refractivity contribution in [1.82, 2.24) is 9.55 Å². The Balaban J connectivity index is 1.62. The fourth-order valence-corrected chi connectivity index (χ4v) is 4.08. The number of rotatable bonds is 8. The number of hydrogen-bond donors (Lipinski definition) is 0. The minimum absolute atomic E-state index is 0.00731. The fraction of sp³-hybridized carbons (Fsp3) is 0.130. The molecule has 0 aliphatic rings. The van der Waals surface area contributed by atoms with Crippen molar-refractivity contribution < 1.29 is 18.3 Å². The van der Waals surface area contributed by atoms with Gasteiger partial charge in [-0.25, -0.2) is 4.98 Å². The molecule has 1 heterocycles. The monoisotopic (exact) mass is 474 g/mol. The van der Waals surface area contributed by atoms with Crippen molar-refractivity contribution in [2.45, 2.75) is 11.8 Å². The van der Waals surface area contributed by atoms with Gasteiger partial charge in [0.05, 0.1) is 28.2 Å². The Bertz CT molecular complexity index is 1280. The molecule has 0 aliphatic carbocycles. The summed E-state index contributed by atoms with van der Waals surface area (Å²) in [5, 5.41) is 1.43. The molecule has 0 bridgehead atoms. The van der Waals surface area contributed by atoms with E-state index in [0.717, 1.165) is 0 Å². The van der Waals surface area contributed by atoms with E-state index >= 15 is 0 Å². The van der Waals surface area contributed by atoms with Gasteiger partial charge in [-0.05, 0) is 48.5 Å². The molecule has 9 heteroatoms. The number of hydrogen-bond acceptors (Lipinski definition) is 5. The van der Waals surface area contributed by atoms with Gasteiger partial charge in [-0.2, -0.15) is 8.78 Å². The molecule has 0 unspecified atom stereocenters. The third-order valence-corrected chi connectivity index (χ3v) is 5.69. The molecule has 0 radical (unpaired) electrons. The van der Waals surface area contributed by atoms with E-state index in [2.05, 4.69) is 9.72 Å². The van der Waals surface area contributed by atoms with Crippen molar-refractivity contribution in [1.29, 1.82) is 0 Å². The highest BCUT2D eigenvalue weighted by Crippen LogP contribution is 2.25. The molecular weight excluding hydrogens is 458 g/mol. The molecule has 0 saturated carbocycles. The first-order valence-corrected chi connectivity index (χ1v) is 11.0. The van der Waals surface area contributed by atoms with E-state index in [-0.39, 0.29) is 11.3 Å². The average Bonchev–Trinajstić information content (AvgIpc) is 2.78. The number of thioether (sulfide) groups is 1. The molecule has 0 amide bonds. The van der Waals surface area contributed by atoms with E-state index in [1.807, 2.05) is 18.2 Å². The minimum Gasteiger partial charge on any atom is -0.491 e. The van der Waals surface area contributed by atoms with Crippen LogP contribution >= 0.6 is 23.4 Å². The second-order valence-corrected chi connectivity index (χ2v) is 8.02. The Hall–Kier alpha value is -3.10. The third-order valence-electron chi connectivity index (χ3n) is 4.47. The molecule has 3 aromatic carbocycles. The Labute approximate surface area is 191 Å². The van der Waals surface area contributed by atoms with Gasteiger partial charge in [0.1, 0.15) is 11.5 Å². The maximum absolute atomic E-state index is 13.2. The maximum atomic E-state index is 13.2. The summed E-state index contributed by atoms with van der Waals surface area (Å²) in [6.45, 7) is -2.58. The molecule has 5 nitrogen and oxygen atoms in total. The van der Waals surface area contributed by atoms with Gasteiger partial charge in [0, 0.05) is 5.75 Å². The van der Waals surface area contributed by atoms with Crippen LogP contribution in [0.25, 0.3) is 16.6 Å². The van der Waals surface area contributed by atoms with Crippen LogP contribution in [0.2, 0.25) is 5.02 Å². The summed E-state index contributed by atoms with van der Waals surface area (Å²) in [6.07, 6.45) is 0. The lowest BCUT2D eigenvalue weighted by Crippen LogP contribution is -2.22. The van der Waals surface area contributed by atoms with Crippen molar-refractivity contribution in [3.63, 3.8) is 0 Å². The first-order chi connectivity index (χ1) is 15.5. The van der Waals surface area contributed by atoms with E-state index in [1.165, 1.54) is 28.5 Å². The molecule has 0 atom stereocenters. The summed E-state index contributed by atoms with van der Waals surface area (Å²) in [6, 6.07) is 20.1.